The first-order chi connectivity index (χ1) is 8.19. The highest BCUT2D eigenvalue weighted by Crippen LogP contribution is 2.20. The van der Waals surface area contributed by atoms with Crippen LogP contribution in [-0.4, -0.2) is 11.9 Å². The van der Waals surface area contributed by atoms with Gasteiger partial charge >= 0.3 is 11.9 Å². The molecule has 92 valence electrons. The first kappa shape index (κ1) is 13.2. The number of hydrogen-bond donors (Lipinski definition) is 0. The summed E-state index contributed by atoms with van der Waals surface area (Å²) >= 11 is 0. The van der Waals surface area contributed by atoms with E-state index in [1.807, 2.05) is 37.3 Å². The Hall–Kier alpha value is -1.84. The van der Waals surface area contributed by atoms with E-state index in [0.717, 1.165) is 5.56 Å². The summed E-state index contributed by atoms with van der Waals surface area (Å²) in [6.07, 6.45) is 0.766. The van der Waals surface area contributed by atoms with E-state index in [1.54, 1.807) is 6.92 Å². The van der Waals surface area contributed by atoms with Crippen molar-refractivity contribution in [3.63, 3.8) is 0 Å². The van der Waals surface area contributed by atoms with Gasteiger partial charge in [0.2, 0.25) is 0 Å². The van der Waals surface area contributed by atoms with Gasteiger partial charge in [-0.3, -0.25) is 0 Å². The maximum atomic E-state index is 11.7. The molecule has 17 heavy (non-hydrogen) atoms. The molecule has 0 heterocycles. The second-order valence-corrected chi connectivity index (χ2v) is 3.58. The molecule has 0 aliphatic heterocycles. The van der Waals surface area contributed by atoms with Crippen LogP contribution in [0.3, 0.4) is 0 Å². The first-order valence-electron chi connectivity index (χ1n) is 5.65. The monoisotopic (exact) mass is 236 g/mol. The van der Waals surface area contributed by atoms with Crippen LogP contribution in [0.5, 0.6) is 0 Å². The Kier molecular flexibility index (Phi) is 5.20. The van der Waals surface area contributed by atoms with Crippen LogP contribution in [0.15, 0.2) is 30.3 Å². The molecule has 0 N–H and O–H groups in total. The molecule has 0 bridgehead atoms. The SMILES string of the molecule is CCC(=O)OOC(=O)C(CC)c1ccccc1. The Balaban J connectivity index is 2.62. The average Bonchev–Trinajstić information content (AvgIpc) is 2.38. The topological polar surface area (TPSA) is 52.6 Å². The molecule has 1 atom stereocenters. The molecule has 1 unspecified atom stereocenters. The Bertz CT molecular complexity index is 372. The maximum absolute atomic E-state index is 11.7. The summed E-state index contributed by atoms with van der Waals surface area (Å²) in [4.78, 5) is 31.4. The van der Waals surface area contributed by atoms with E-state index in [0.29, 0.717) is 6.42 Å². The Morgan fingerprint density at radius 1 is 1.12 bits per heavy atom. The van der Waals surface area contributed by atoms with Gasteiger partial charge < -0.3 is 0 Å². The van der Waals surface area contributed by atoms with Gasteiger partial charge in [-0.2, -0.15) is 0 Å². The molecule has 1 aromatic rings. The Morgan fingerprint density at radius 2 is 1.76 bits per heavy atom. The summed E-state index contributed by atoms with van der Waals surface area (Å²) in [5, 5.41) is 0. The molecule has 0 amide bonds. The second kappa shape index (κ2) is 6.68. The van der Waals surface area contributed by atoms with Gasteiger partial charge in [0.25, 0.3) is 0 Å². The van der Waals surface area contributed by atoms with Crippen molar-refractivity contribution in [2.75, 3.05) is 0 Å². The van der Waals surface area contributed by atoms with Crippen LogP contribution >= 0.6 is 0 Å². The Labute approximate surface area is 100 Å². The van der Waals surface area contributed by atoms with Crippen molar-refractivity contribution >= 4 is 11.9 Å². The van der Waals surface area contributed by atoms with E-state index >= 15 is 0 Å². The fourth-order valence-corrected chi connectivity index (χ4v) is 1.43. The fourth-order valence-electron chi connectivity index (χ4n) is 1.43. The van der Waals surface area contributed by atoms with E-state index in [9.17, 15) is 9.59 Å². The van der Waals surface area contributed by atoms with Crippen LogP contribution in [0, 0.1) is 0 Å². The number of benzene rings is 1. The largest absolute Gasteiger partial charge is 0.362 e. The molecule has 0 spiro atoms. The number of hydrogen-bond acceptors (Lipinski definition) is 4. The van der Waals surface area contributed by atoms with E-state index < -0.39 is 17.9 Å². The standard InChI is InChI=1S/C13H16O4/c1-3-11(10-8-6-5-7-9-10)13(15)17-16-12(14)4-2/h5-9,11H,3-4H2,1-2H3. The minimum absolute atomic E-state index is 0.176. The van der Waals surface area contributed by atoms with E-state index in [4.69, 9.17) is 0 Å². The van der Waals surface area contributed by atoms with Crippen LogP contribution in [-0.2, 0) is 19.4 Å². The van der Waals surface area contributed by atoms with Crippen molar-refractivity contribution in [2.45, 2.75) is 32.6 Å². The zero-order valence-electron chi connectivity index (χ0n) is 10.0. The van der Waals surface area contributed by atoms with Crippen molar-refractivity contribution in [1.29, 1.82) is 0 Å². The summed E-state index contributed by atoms with van der Waals surface area (Å²) in [6.45, 7) is 3.51. The molecule has 0 radical (unpaired) electrons. The quantitative estimate of drug-likeness (QED) is 0.595. The predicted molar refractivity (Wildman–Crippen MR) is 61.9 cm³/mol. The minimum Gasteiger partial charge on any atom is -0.247 e. The summed E-state index contributed by atoms with van der Waals surface area (Å²) in [7, 11) is 0. The normalized spacial score (nSPS) is 11.6. The smallest absolute Gasteiger partial charge is 0.247 e. The molecule has 4 heteroatoms. The van der Waals surface area contributed by atoms with Crippen LogP contribution in [0.25, 0.3) is 0 Å². The molecule has 0 aliphatic carbocycles. The molecule has 0 fully saturated rings. The molecule has 4 nitrogen and oxygen atoms in total. The third-order valence-electron chi connectivity index (χ3n) is 2.40. The van der Waals surface area contributed by atoms with Crippen molar-refractivity contribution in [2.24, 2.45) is 0 Å². The van der Waals surface area contributed by atoms with Crippen molar-refractivity contribution in [3.8, 4) is 0 Å². The molecule has 1 aromatic carbocycles. The van der Waals surface area contributed by atoms with Gasteiger partial charge in [-0.15, -0.1) is 0 Å². The lowest BCUT2D eigenvalue weighted by molar-refractivity contribution is -0.260. The number of rotatable bonds is 4. The lowest BCUT2D eigenvalue weighted by Gasteiger charge is -2.12. The van der Waals surface area contributed by atoms with Gasteiger partial charge in [0.1, 0.15) is 0 Å². The van der Waals surface area contributed by atoms with E-state index in [-0.39, 0.29) is 6.42 Å². The highest BCUT2D eigenvalue weighted by Gasteiger charge is 2.22. The third-order valence-corrected chi connectivity index (χ3v) is 2.40. The van der Waals surface area contributed by atoms with E-state index in [1.165, 1.54) is 0 Å². The Morgan fingerprint density at radius 3 is 2.29 bits per heavy atom. The zero-order valence-corrected chi connectivity index (χ0v) is 10.0. The van der Waals surface area contributed by atoms with Crippen LogP contribution < -0.4 is 0 Å². The molecule has 0 aromatic heterocycles. The fraction of sp³-hybridized carbons (Fsp3) is 0.385. The number of carbonyl (C=O) groups excluding carboxylic acids is 2. The minimum atomic E-state index is -0.554. The van der Waals surface area contributed by atoms with Crippen LogP contribution in [0.4, 0.5) is 0 Å². The van der Waals surface area contributed by atoms with Gasteiger partial charge in [0.05, 0.1) is 5.92 Å². The van der Waals surface area contributed by atoms with Crippen LogP contribution in [0.1, 0.15) is 38.2 Å². The molecule has 0 aliphatic rings. The van der Waals surface area contributed by atoms with E-state index in [2.05, 4.69) is 9.78 Å². The molecule has 0 saturated heterocycles. The summed E-state index contributed by atoms with van der Waals surface area (Å²) in [5.41, 5.74) is 0.854. The molecular weight excluding hydrogens is 220 g/mol. The average molecular weight is 236 g/mol. The maximum Gasteiger partial charge on any atom is 0.362 e. The lowest BCUT2D eigenvalue weighted by atomic mass is 9.97. The first-order valence-corrected chi connectivity index (χ1v) is 5.65. The molecule has 1 rings (SSSR count). The van der Waals surface area contributed by atoms with Gasteiger partial charge in [-0.05, 0) is 12.0 Å². The van der Waals surface area contributed by atoms with Gasteiger partial charge in [-0.25, -0.2) is 19.4 Å². The summed E-state index contributed by atoms with van der Waals surface area (Å²) < 4.78 is 0. The zero-order chi connectivity index (χ0) is 12.7. The molecular formula is C13H16O4. The molecule has 0 saturated carbocycles. The van der Waals surface area contributed by atoms with Crippen LogP contribution in [0.2, 0.25) is 0 Å². The van der Waals surface area contributed by atoms with Crippen molar-refractivity contribution in [3.05, 3.63) is 35.9 Å². The van der Waals surface area contributed by atoms with Gasteiger partial charge in [0.15, 0.2) is 0 Å². The predicted octanol–water partition coefficient (Wildman–Crippen LogP) is 2.59. The van der Waals surface area contributed by atoms with Crippen molar-refractivity contribution < 1.29 is 19.4 Å². The van der Waals surface area contributed by atoms with Gasteiger partial charge in [-0.1, -0.05) is 44.2 Å². The highest BCUT2D eigenvalue weighted by molar-refractivity contribution is 5.78. The second-order valence-electron chi connectivity index (χ2n) is 3.58. The third kappa shape index (κ3) is 3.90. The number of carbonyl (C=O) groups is 2. The summed E-state index contributed by atoms with van der Waals surface area (Å²) in [5.74, 6) is -1.50. The highest BCUT2D eigenvalue weighted by atomic mass is 17.2. The summed E-state index contributed by atoms with van der Waals surface area (Å²) in [6, 6.07) is 9.26. The lowest BCUT2D eigenvalue weighted by Crippen LogP contribution is -2.17. The van der Waals surface area contributed by atoms with Crippen molar-refractivity contribution in [1.82, 2.24) is 0 Å². The van der Waals surface area contributed by atoms with Gasteiger partial charge in [0, 0.05) is 6.42 Å².